The minimum absolute atomic E-state index is 0.129. The van der Waals surface area contributed by atoms with Crippen molar-refractivity contribution in [2.75, 3.05) is 35.1 Å². The van der Waals surface area contributed by atoms with Crippen molar-refractivity contribution in [1.29, 1.82) is 0 Å². The fourth-order valence-electron chi connectivity index (χ4n) is 13.0. The molecule has 11 aromatic rings. The molecular formula is C92H98Cl7N3O13S7. The molecule has 7 heterocycles. The Labute approximate surface area is 776 Å². The van der Waals surface area contributed by atoms with Crippen LogP contribution in [0.1, 0.15) is 231 Å². The summed E-state index contributed by atoms with van der Waals surface area (Å²) >= 11 is 47.4. The number of nitrogens with one attached hydrogen (secondary N) is 3. The molecule has 0 fully saturated rings. The van der Waals surface area contributed by atoms with E-state index in [4.69, 9.17) is 70.5 Å². The first-order valence-electron chi connectivity index (χ1n) is 39.1. The Balaban J connectivity index is 0.000000194. The Morgan fingerprint density at radius 3 is 0.951 bits per heavy atom. The van der Waals surface area contributed by atoms with Crippen molar-refractivity contribution >= 4 is 223 Å². The molecule has 4 aromatic carbocycles. The molecule has 122 heavy (non-hydrogen) atoms. The van der Waals surface area contributed by atoms with Crippen LogP contribution in [0.15, 0.2) is 144 Å². The van der Waals surface area contributed by atoms with Crippen molar-refractivity contribution in [2.24, 2.45) is 0 Å². The number of carbonyl (C=O) groups excluding carboxylic acids is 7. The maximum Gasteiger partial charge on any atom is 0.412 e. The molecule has 0 spiro atoms. The number of rotatable bonds is 15. The van der Waals surface area contributed by atoms with Crippen molar-refractivity contribution in [1.82, 2.24) is 0 Å². The summed E-state index contributed by atoms with van der Waals surface area (Å²) in [6, 6.07) is 38.8. The normalized spacial score (nSPS) is 12.8. The number of carboxylic acid groups (broad SMARTS) is 1. The van der Waals surface area contributed by atoms with Crippen molar-refractivity contribution in [2.45, 2.75) is 188 Å². The highest BCUT2D eigenvalue weighted by atomic mass is 35.5. The smallest absolute Gasteiger partial charge is 0.412 e. The number of esters is 3. The predicted molar refractivity (Wildman–Crippen MR) is 512 cm³/mol. The molecule has 0 aliphatic heterocycles. The average Bonchev–Trinajstić information content (AvgIpc) is 1.65. The van der Waals surface area contributed by atoms with Gasteiger partial charge in [-0.3, -0.25) is 19.7 Å². The van der Waals surface area contributed by atoms with Crippen molar-refractivity contribution in [3.05, 3.63) is 242 Å². The third kappa shape index (κ3) is 29.6. The van der Waals surface area contributed by atoms with E-state index < -0.39 is 46.8 Å². The van der Waals surface area contributed by atoms with Gasteiger partial charge in [0.1, 0.15) is 60.0 Å². The van der Waals surface area contributed by atoms with E-state index >= 15 is 0 Å². The SMILES string of the molecule is CC(C)(C)OC(=O)c1c(-c2ccc(Cl)cc2)csc1NC(=O)OCc1ccccc1.CC(C)(C)OC(=O)c1c(-c2ccc(Cl)cc2)csc1NC(=O)c1cc2c(s1)CCCC2.CC(C)(C)OC(=O)c1c(-c2ccc(Cl)cc2)csc1NC(=O)c1cc2c(s1)CCCC2.CCl.CCl.CCl.O=C(Cl)c1cc2c(s1)CCCC2.O=C(O)c1cc2c(s1)CCCC2. The molecule has 0 unspecified atom stereocenters. The van der Waals surface area contributed by atoms with Gasteiger partial charge in [-0.25, -0.2) is 24.0 Å². The number of aromatic carboxylic acids is 1. The number of carboxylic acids is 1. The van der Waals surface area contributed by atoms with Crippen molar-refractivity contribution < 1.29 is 62.4 Å². The lowest BCUT2D eigenvalue weighted by Crippen LogP contribution is -2.25. The summed E-state index contributed by atoms with van der Waals surface area (Å²) in [5.74, 6) is -2.59. The lowest BCUT2D eigenvalue weighted by molar-refractivity contribution is 0.00593. The Morgan fingerprint density at radius 1 is 0.377 bits per heavy atom. The zero-order valence-electron chi connectivity index (χ0n) is 69.7. The summed E-state index contributed by atoms with van der Waals surface area (Å²) in [7, 11) is 0. The zero-order chi connectivity index (χ0) is 89.2. The van der Waals surface area contributed by atoms with Gasteiger partial charge in [-0.15, -0.1) is 114 Å². The summed E-state index contributed by atoms with van der Waals surface area (Å²) in [4.78, 5) is 107. The zero-order valence-corrected chi connectivity index (χ0v) is 80.7. The molecule has 16 nitrogen and oxygen atoms in total. The van der Waals surface area contributed by atoms with E-state index in [2.05, 4.69) is 50.8 Å². The van der Waals surface area contributed by atoms with Gasteiger partial charge >= 0.3 is 30.0 Å². The molecule has 0 atom stereocenters. The van der Waals surface area contributed by atoms with Gasteiger partial charge in [-0.2, -0.15) is 0 Å². The monoisotopic (exact) mass is 1920 g/mol. The van der Waals surface area contributed by atoms with Gasteiger partial charge < -0.3 is 34.7 Å². The lowest BCUT2D eigenvalue weighted by atomic mass is 9.99. The number of hydrogen-bond acceptors (Lipinski definition) is 19. The molecule has 7 aromatic heterocycles. The highest BCUT2D eigenvalue weighted by Crippen LogP contribution is 2.43. The number of amides is 3. The van der Waals surface area contributed by atoms with Crippen LogP contribution < -0.4 is 16.0 Å². The number of aryl methyl sites for hydroxylation is 8. The Morgan fingerprint density at radius 2 is 0.656 bits per heavy atom. The van der Waals surface area contributed by atoms with Crippen molar-refractivity contribution in [3.63, 3.8) is 0 Å². The first-order valence-corrected chi connectivity index (χ1v) is 48.8. The number of alkyl halides is 3. The van der Waals surface area contributed by atoms with Crippen molar-refractivity contribution in [3.8, 4) is 33.4 Å². The Hall–Kier alpha value is -7.43. The maximum absolute atomic E-state index is 13.1. The van der Waals surface area contributed by atoms with Gasteiger partial charge in [-0.05, 0) is 282 Å². The van der Waals surface area contributed by atoms with Crippen LogP contribution in [0.5, 0.6) is 0 Å². The first-order chi connectivity index (χ1) is 58.2. The molecule has 650 valence electrons. The summed E-state index contributed by atoms with van der Waals surface area (Å²) < 4.78 is 22.2. The fraction of sp³-hybridized carbons (Fsp3) is 0.348. The first kappa shape index (κ1) is 100.0. The maximum atomic E-state index is 13.1. The van der Waals surface area contributed by atoms with Gasteiger partial charge in [-0.1, -0.05) is 102 Å². The van der Waals surface area contributed by atoms with Crippen LogP contribution >= 0.6 is 161 Å². The van der Waals surface area contributed by atoms with E-state index in [1.165, 1.54) is 158 Å². The molecule has 30 heteroatoms. The second-order valence-electron chi connectivity index (χ2n) is 30.8. The van der Waals surface area contributed by atoms with Gasteiger partial charge in [0.25, 0.3) is 17.1 Å². The minimum Gasteiger partial charge on any atom is -0.477 e. The van der Waals surface area contributed by atoms with Crippen LogP contribution in [0.4, 0.5) is 19.8 Å². The molecule has 4 aliphatic rings. The van der Waals surface area contributed by atoms with E-state index in [0.29, 0.717) is 66.3 Å². The topological polar surface area (TPSA) is 230 Å². The second-order valence-corrected chi connectivity index (χ2v) is 39.7. The number of carbonyl (C=O) groups is 8. The van der Waals surface area contributed by atoms with Gasteiger partial charge in [0.05, 0.1) is 14.6 Å². The molecule has 0 bridgehead atoms. The average molecular weight is 1930 g/mol. The number of thiophene rings is 7. The molecular weight excluding hydrogens is 1830 g/mol. The Kier molecular flexibility index (Phi) is 39.2. The minimum atomic E-state index is -0.783. The van der Waals surface area contributed by atoms with Gasteiger partial charge in [0, 0.05) is 86.6 Å². The predicted octanol–water partition coefficient (Wildman–Crippen LogP) is 29.1. The van der Waals surface area contributed by atoms with Crippen LogP contribution in [-0.2, 0) is 76.9 Å². The third-order valence-electron chi connectivity index (χ3n) is 18.4. The van der Waals surface area contributed by atoms with Crippen LogP contribution in [0.25, 0.3) is 33.4 Å². The second kappa shape index (κ2) is 47.8. The number of anilines is 3. The Bertz CT molecular complexity index is 5020. The summed E-state index contributed by atoms with van der Waals surface area (Å²) in [6.07, 6.45) is 21.9. The molecule has 15 rings (SSSR count). The standard InChI is InChI=1S/2C24H24ClNO3S2.C23H22ClNO4S.C9H9ClOS.C9H10O2S.3CH3Cl/c2*1-24(2,3)29-23(28)20-17(14-8-10-16(25)11-9-14)13-30-22(20)26-21(27)19-12-15-6-4-5-7-18(15)31-19;1-23(2,3)29-21(26)19-18(16-9-11-17(24)12-10-16)14-30-20(19)25-22(27)28-13-15-7-5-4-6-8-15;2*10-9(11)8-5-6-3-1-2-4-7(6)12-8;3*1-2/h2*8-13H,4-7H2,1-3H3,(H,26,27);4-12,14H,13H2,1-3H3,(H,25,27);5H,1-4H2;5H,1-4H2,(H,10,11);3*1H3. The molecule has 4 N–H and O–H groups in total. The highest BCUT2D eigenvalue weighted by molar-refractivity contribution is 7.18. The molecule has 0 radical (unpaired) electrons. The summed E-state index contributed by atoms with van der Waals surface area (Å²) in [6.45, 7) is 16.5. The number of benzene rings is 4. The van der Waals surface area contributed by atoms with E-state index in [0.717, 1.165) is 84.7 Å². The summed E-state index contributed by atoms with van der Waals surface area (Å²) in [5, 5.41) is 25.8. The molecule has 4 aliphatic carbocycles. The van der Waals surface area contributed by atoms with Gasteiger partial charge in [0.15, 0.2) is 0 Å². The third-order valence-corrected chi connectivity index (χ3v) is 27.1. The van der Waals surface area contributed by atoms with Crippen LogP contribution in [-0.4, -0.2) is 88.1 Å². The fourth-order valence-corrected chi connectivity index (χ4v) is 20.9. The van der Waals surface area contributed by atoms with Crippen LogP contribution in [0, 0.1) is 0 Å². The van der Waals surface area contributed by atoms with E-state index in [-0.39, 0.29) is 29.2 Å². The molecule has 0 saturated carbocycles. The van der Waals surface area contributed by atoms with Gasteiger partial charge in [0.2, 0.25) is 0 Å². The summed E-state index contributed by atoms with van der Waals surface area (Å²) in [5.41, 5.74) is 9.66. The van der Waals surface area contributed by atoms with E-state index in [1.807, 2.05) is 143 Å². The number of hydrogen-bond donors (Lipinski definition) is 4. The number of fused-ring (bicyclic) bond motifs is 4. The van der Waals surface area contributed by atoms with E-state index in [9.17, 15) is 38.4 Å². The quantitative estimate of drug-likeness (QED) is 0.0324. The van der Waals surface area contributed by atoms with Crippen LogP contribution in [0.2, 0.25) is 15.1 Å². The van der Waals surface area contributed by atoms with E-state index in [1.54, 1.807) is 96.6 Å². The number of ether oxygens (including phenoxy) is 4. The highest BCUT2D eigenvalue weighted by Gasteiger charge is 2.32. The molecule has 3 amide bonds. The van der Waals surface area contributed by atoms with Crippen LogP contribution in [0.3, 0.4) is 0 Å². The molecule has 0 saturated heterocycles. The number of halogens is 7. The largest absolute Gasteiger partial charge is 0.477 e. The lowest BCUT2D eigenvalue weighted by Gasteiger charge is -2.20.